The second kappa shape index (κ2) is 8.70. The van der Waals surface area contributed by atoms with E-state index in [0.717, 1.165) is 29.7 Å². The van der Waals surface area contributed by atoms with Gasteiger partial charge in [0.05, 0.1) is 5.69 Å². The molecule has 0 atom stereocenters. The Labute approximate surface area is 185 Å². The normalized spacial score (nSPS) is 14.1. The van der Waals surface area contributed by atoms with E-state index in [-0.39, 0.29) is 5.91 Å². The Balaban J connectivity index is 1.18. The Morgan fingerprint density at radius 1 is 0.969 bits per heavy atom. The molecule has 32 heavy (non-hydrogen) atoms. The number of rotatable bonds is 5. The first-order valence-electron chi connectivity index (χ1n) is 10.8. The summed E-state index contributed by atoms with van der Waals surface area (Å²) in [6, 6.07) is 19.1. The number of benzene rings is 2. The number of amides is 1. The summed E-state index contributed by atoms with van der Waals surface area (Å²) in [4.78, 5) is 33.3. The number of nitrogens with one attached hydrogen (secondary N) is 1. The van der Waals surface area contributed by atoms with Gasteiger partial charge >= 0.3 is 5.63 Å². The first-order valence-corrected chi connectivity index (χ1v) is 10.8. The minimum Gasteiger partial charge on any atom is -0.423 e. The van der Waals surface area contributed by atoms with Gasteiger partial charge in [-0.1, -0.05) is 36.4 Å². The lowest BCUT2D eigenvalue weighted by Crippen LogP contribution is -2.49. The molecule has 0 aliphatic carbocycles. The fourth-order valence-electron chi connectivity index (χ4n) is 4.24. The second-order valence-electron chi connectivity index (χ2n) is 7.88. The molecule has 2 aromatic heterocycles. The average Bonchev–Trinajstić information content (AvgIpc) is 2.83. The number of carbonyl (C=O) groups is 1. The number of hydrogen-bond donors (Lipinski definition) is 1. The van der Waals surface area contributed by atoms with E-state index in [2.05, 4.69) is 27.3 Å². The van der Waals surface area contributed by atoms with E-state index < -0.39 is 5.63 Å². The van der Waals surface area contributed by atoms with E-state index in [0.29, 0.717) is 37.3 Å². The Kier molecular flexibility index (Phi) is 5.46. The number of anilines is 2. The van der Waals surface area contributed by atoms with Crippen molar-refractivity contribution in [2.75, 3.05) is 42.9 Å². The molecule has 0 saturated carbocycles. The minimum atomic E-state index is -0.407. The molecule has 162 valence electrons. The van der Waals surface area contributed by atoms with Gasteiger partial charge < -0.3 is 19.5 Å². The topological polar surface area (TPSA) is 78.7 Å². The van der Waals surface area contributed by atoms with Crippen LogP contribution in [0, 0.1) is 0 Å². The molecule has 4 aromatic rings. The summed E-state index contributed by atoms with van der Waals surface area (Å²) in [5, 5.41) is 6.36. The SMILES string of the molecule is O=C(CCNc1cc(=O)oc2ccccc12)N1CCN(c2nccc3ccccc23)CC1. The van der Waals surface area contributed by atoms with Crippen molar-refractivity contribution < 1.29 is 9.21 Å². The highest BCUT2D eigenvalue weighted by Gasteiger charge is 2.22. The molecule has 0 bridgehead atoms. The van der Waals surface area contributed by atoms with Crippen LogP contribution in [0.3, 0.4) is 0 Å². The Morgan fingerprint density at radius 3 is 2.56 bits per heavy atom. The van der Waals surface area contributed by atoms with Gasteiger partial charge in [-0.25, -0.2) is 9.78 Å². The maximum Gasteiger partial charge on any atom is 0.338 e. The predicted molar refractivity (Wildman–Crippen MR) is 126 cm³/mol. The van der Waals surface area contributed by atoms with Gasteiger partial charge in [-0.2, -0.15) is 0 Å². The zero-order chi connectivity index (χ0) is 21.9. The van der Waals surface area contributed by atoms with E-state index in [1.807, 2.05) is 47.5 Å². The number of piperazine rings is 1. The van der Waals surface area contributed by atoms with Gasteiger partial charge in [0.25, 0.3) is 0 Å². The number of pyridine rings is 1. The lowest BCUT2D eigenvalue weighted by molar-refractivity contribution is -0.131. The molecule has 7 nitrogen and oxygen atoms in total. The number of para-hydroxylation sites is 1. The molecule has 1 saturated heterocycles. The number of fused-ring (bicyclic) bond motifs is 2. The highest BCUT2D eigenvalue weighted by atomic mass is 16.4. The molecule has 0 radical (unpaired) electrons. The fraction of sp³-hybridized carbons (Fsp3) is 0.240. The average molecular weight is 428 g/mol. The number of carbonyl (C=O) groups excluding carboxylic acids is 1. The van der Waals surface area contributed by atoms with Crippen LogP contribution in [0.15, 0.2) is 76.1 Å². The van der Waals surface area contributed by atoms with Gasteiger partial charge in [0.2, 0.25) is 5.91 Å². The molecule has 5 rings (SSSR count). The monoisotopic (exact) mass is 428 g/mol. The van der Waals surface area contributed by atoms with Gasteiger partial charge in [-0.05, 0) is 23.6 Å². The zero-order valence-electron chi connectivity index (χ0n) is 17.7. The molecule has 1 fully saturated rings. The number of hydrogen-bond acceptors (Lipinski definition) is 6. The summed E-state index contributed by atoms with van der Waals surface area (Å²) in [7, 11) is 0. The van der Waals surface area contributed by atoms with E-state index in [9.17, 15) is 9.59 Å². The largest absolute Gasteiger partial charge is 0.423 e. The summed E-state index contributed by atoms with van der Waals surface area (Å²) in [5.74, 6) is 1.09. The third-order valence-corrected chi connectivity index (χ3v) is 5.89. The van der Waals surface area contributed by atoms with Crippen molar-refractivity contribution in [3.63, 3.8) is 0 Å². The third-order valence-electron chi connectivity index (χ3n) is 5.89. The summed E-state index contributed by atoms with van der Waals surface area (Å²) in [6.07, 6.45) is 2.20. The van der Waals surface area contributed by atoms with E-state index >= 15 is 0 Å². The van der Waals surface area contributed by atoms with Gasteiger partial charge in [-0.15, -0.1) is 0 Å². The Morgan fingerprint density at radius 2 is 1.72 bits per heavy atom. The van der Waals surface area contributed by atoms with E-state index in [1.54, 1.807) is 6.07 Å². The molecular formula is C25H24N4O3. The molecule has 3 heterocycles. The summed E-state index contributed by atoms with van der Waals surface area (Å²) < 4.78 is 5.22. The lowest BCUT2D eigenvalue weighted by atomic mass is 10.1. The van der Waals surface area contributed by atoms with Crippen molar-refractivity contribution in [1.29, 1.82) is 0 Å². The first kappa shape index (κ1) is 20.1. The van der Waals surface area contributed by atoms with Crippen LogP contribution in [0.2, 0.25) is 0 Å². The Hall–Kier alpha value is -3.87. The van der Waals surface area contributed by atoms with Crippen LogP contribution >= 0.6 is 0 Å². The standard InChI is InChI=1S/C25H24N4O3/c30-23(10-12-26-21-17-24(31)32-22-8-4-3-7-20(21)22)28-13-15-29(16-14-28)25-19-6-2-1-5-18(19)9-11-27-25/h1-9,11,17,26H,10,12-16H2. The maximum atomic E-state index is 12.7. The van der Waals surface area contributed by atoms with Crippen molar-refractivity contribution in [1.82, 2.24) is 9.88 Å². The predicted octanol–water partition coefficient (Wildman–Crippen LogP) is 3.49. The minimum absolute atomic E-state index is 0.107. The van der Waals surface area contributed by atoms with Crippen molar-refractivity contribution in [2.45, 2.75) is 6.42 Å². The van der Waals surface area contributed by atoms with Gasteiger partial charge in [0, 0.05) is 62.2 Å². The van der Waals surface area contributed by atoms with Crippen LogP contribution in [-0.4, -0.2) is 48.5 Å². The van der Waals surface area contributed by atoms with Crippen LogP contribution in [0.5, 0.6) is 0 Å². The van der Waals surface area contributed by atoms with Gasteiger partial charge in [-0.3, -0.25) is 4.79 Å². The van der Waals surface area contributed by atoms with Crippen LogP contribution in [0.1, 0.15) is 6.42 Å². The van der Waals surface area contributed by atoms with Crippen molar-refractivity contribution >= 4 is 39.2 Å². The number of aromatic nitrogens is 1. The lowest BCUT2D eigenvalue weighted by Gasteiger charge is -2.36. The molecule has 2 aromatic carbocycles. The molecule has 1 N–H and O–H groups in total. The van der Waals surface area contributed by atoms with Crippen LogP contribution in [-0.2, 0) is 4.79 Å². The fourth-order valence-corrected chi connectivity index (χ4v) is 4.24. The molecule has 7 heteroatoms. The first-order chi connectivity index (χ1) is 15.7. The van der Waals surface area contributed by atoms with E-state index in [1.165, 1.54) is 11.5 Å². The molecule has 1 aliphatic heterocycles. The molecular weight excluding hydrogens is 404 g/mol. The van der Waals surface area contributed by atoms with Crippen molar-refractivity contribution in [3.8, 4) is 0 Å². The Bertz CT molecular complexity index is 1320. The summed E-state index contributed by atoms with van der Waals surface area (Å²) in [6.45, 7) is 3.30. The smallest absolute Gasteiger partial charge is 0.338 e. The van der Waals surface area contributed by atoms with Crippen molar-refractivity contribution in [3.05, 3.63) is 77.3 Å². The number of nitrogens with zero attached hydrogens (tertiary/aromatic N) is 3. The van der Waals surface area contributed by atoms with Gasteiger partial charge in [0.1, 0.15) is 11.4 Å². The van der Waals surface area contributed by atoms with E-state index in [4.69, 9.17) is 4.42 Å². The van der Waals surface area contributed by atoms with Crippen molar-refractivity contribution in [2.24, 2.45) is 0 Å². The molecule has 0 unspecified atom stereocenters. The van der Waals surface area contributed by atoms with Crippen LogP contribution in [0.4, 0.5) is 11.5 Å². The molecule has 1 amide bonds. The van der Waals surface area contributed by atoms with Crippen LogP contribution in [0.25, 0.3) is 21.7 Å². The molecule has 1 aliphatic rings. The maximum absolute atomic E-state index is 12.7. The quantitative estimate of drug-likeness (QED) is 0.490. The summed E-state index contributed by atoms with van der Waals surface area (Å²) in [5.41, 5.74) is 0.819. The highest BCUT2D eigenvalue weighted by molar-refractivity contribution is 5.92. The highest BCUT2D eigenvalue weighted by Crippen LogP contribution is 2.25. The second-order valence-corrected chi connectivity index (χ2v) is 7.88. The molecule has 0 spiro atoms. The zero-order valence-corrected chi connectivity index (χ0v) is 17.7. The third kappa shape index (κ3) is 4.01. The summed E-state index contributed by atoms with van der Waals surface area (Å²) >= 11 is 0. The van der Waals surface area contributed by atoms with Crippen LogP contribution < -0.4 is 15.8 Å². The van der Waals surface area contributed by atoms with Gasteiger partial charge in [0.15, 0.2) is 0 Å².